The van der Waals surface area contributed by atoms with Crippen LogP contribution in [0.4, 0.5) is 0 Å². The Morgan fingerprint density at radius 2 is 2.07 bits per heavy atom. The van der Waals surface area contributed by atoms with Gasteiger partial charge in [0, 0.05) is 13.0 Å². The van der Waals surface area contributed by atoms with E-state index in [1.165, 1.54) is 19.2 Å². The molecule has 3 rings (SSSR count). The molecule has 0 bridgehead atoms. The summed E-state index contributed by atoms with van der Waals surface area (Å²) in [6.07, 6.45) is 2.25. The van der Waals surface area contributed by atoms with E-state index in [1.54, 1.807) is 10.6 Å². The van der Waals surface area contributed by atoms with Gasteiger partial charge < -0.3 is 14.8 Å². The van der Waals surface area contributed by atoms with Crippen molar-refractivity contribution in [2.45, 2.75) is 45.7 Å². The molecule has 0 radical (unpaired) electrons. The van der Waals surface area contributed by atoms with Crippen LogP contribution in [0.25, 0.3) is 10.9 Å². The summed E-state index contributed by atoms with van der Waals surface area (Å²) in [5.74, 6) is -1.30. The largest absolute Gasteiger partial charge is 0.467 e. The zero-order valence-corrected chi connectivity index (χ0v) is 17.3. The number of hydrogen-bond acceptors (Lipinski definition) is 7. The number of benzene rings is 1. The molecule has 30 heavy (non-hydrogen) atoms. The minimum Gasteiger partial charge on any atom is -0.467 e. The molecule has 160 valence electrons. The predicted molar refractivity (Wildman–Crippen MR) is 108 cm³/mol. The van der Waals surface area contributed by atoms with Crippen molar-refractivity contribution >= 4 is 28.7 Å². The molecule has 9 heteroatoms. The van der Waals surface area contributed by atoms with Crippen LogP contribution in [0.5, 0.6) is 0 Å². The third-order valence-corrected chi connectivity index (χ3v) is 5.37. The summed E-state index contributed by atoms with van der Waals surface area (Å²) >= 11 is 0. The highest BCUT2D eigenvalue weighted by molar-refractivity contribution is 5.95. The average Bonchev–Trinajstić information content (AvgIpc) is 3.23. The van der Waals surface area contributed by atoms with Gasteiger partial charge in [-0.05, 0) is 30.5 Å². The quantitative estimate of drug-likeness (QED) is 0.676. The van der Waals surface area contributed by atoms with Crippen LogP contribution in [-0.4, -0.2) is 47.2 Å². The molecular weight excluding hydrogens is 390 g/mol. The molecule has 2 atom stereocenters. The van der Waals surface area contributed by atoms with Crippen molar-refractivity contribution in [1.82, 2.24) is 14.9 Å². The first-order valence-electron chi connectivity index (χ1n) is 9.93. The highest BCUT2D eigenvalue weighted by Gasteiger charge is 2.27. The summed E-state index contributed by atoms with van der Waals surface area (Å²) in [6.45, 7) is 3.82. The lowest BCUT2D eigenvalue weighted by atomic mass is 9.99. The van der Waals surface area contributed by atoms with Gasteiger partial charge in [0.2, 0.25) is 0 Å². The van der Waals surface area contributed by atoms with Crippen molar-refractivity contribution in [2.75, 3.05) is 13.7 Å². The van der Waals surface area contributed by atoms with Gasteiger partial charge in [-0.25, -0.2) is 14.6 Å². The van der Waals surface area contributed by atoms with Crippen molar-refractivity contribution in [1.29, 1.82) is 0 Å². The van der Waals surface area contributed by atoms with Gasteiger partial charge in [-0.3, -0.25) is 14.2 Å². The number of amides is 1. The third-order valence-electron chi connectivity index (χ3n) is 5.37. The summed E-state index contributed by atoms with van der Waals surface area (Å²) in [6, 6.07) is 3.70. The molecule has 1 aliphatic heterocycles. The van der Waals surface area contributed by atoms with E-state index in [9.17, 15) is 19.2 Å². The Bertz CT molecular complexity index is 1040. The molecule has 1 aromatic heterocycles. The van der Waals surface area contributed by atoms with E-state index in [1.807, 2.05) is 13.8 Å². The number of carbonyl (C=O) groups is 3. The van der Waals surface area contributed by atoms with Gasteiger partial charge >= 0.3 is 11.9 Å². The van der Waals surface area contributed by atoms with E-state index in [-0.39, 0.29) is 17.0 Å². The molecule has 0 saturated carbocycles. The second kappa shape index (κ2) is 9.06. The second-order valence-corrected chi connectivity index (χ2v) is 7.35. The normalized spacial score (nSPS) is 14.6. The standard InChI is InChI=1S/C21H25N3O6/c1-4-12(2)18(21(28)29-3)23-17(25)11-30-20(27)13-7-8-14-15(10-13)22-16-6-5-9-24(16)19(14)26/h7-8,10,12,18H,4-6,9,11H2,1-3H3,(H,23,25)/t12-,18-/m1/s1. The number of nitrogens with zero attached hydrogens (tertiary/aromatic N) is 2. The summed E-state index contributed by atoms with van der Waals surface area (Å²) in [4.78, 5) is 53.4. The number of ether oxygens (including phenoxy) is 2. The molecule has 9 nitrogen and oxygen atoms in total. The maximum Gasteiger partial charge on any atom is 0.338 e. The molecule has 1 N–H and O–H groups in total. The third kappa shape index (κ3) is 4.34. The topological polar surface area (TPSA) is 117 Å². The van der Waals surface area contributed by atoms with E-state index in [0.29, 0.717) is 29.7 Å². The molecule has 1 aliphatic rings. The SMILES string of the molecule is CC[C@@H](C)[C@@H](NC(=O)COC(=O)c1ccc2c(=O)n3c(nc2c1)CCC3)C(=O)OC. The number of methoxy groups -OCH3 is 1. The minimum atomic E-state index is -0.814. The van der Waals surface area contributed by atoms with Gasteiger partial charge in [0.15, 0.2) is 6.61 Å². The highest BCUT2D eigenvalue weighted by Crippen LogP contribution is 2.17. The number of hydrogen-bond donors (Lipinski definition) is 1. The van der Waals surface area contributed by atoms with Crippen LogP contribution in [0, 0.1) is 5.92 Å². The van der Waals surface area contributed by atoms with E-state index in [0.717, 1.165) is 12.8 Å². The molecular formula is C21H25N3O6. The maximum absolute atomic E-state index is 12.5. The molecule has 1 aromatic carbocycles. The van der Waals surface area contributed by atoms with Gasteiger partial charge in [0.25, 0.3) is 11.5 Å². The van der Waals surface area contributed by atoms with Crippen LogP contribution in [-0.2, 0) is 32.0 Å². The Labute approximate surface area is 173 Å². The van der Waals surface area contributed by atoms with E-state index < -0.39 is 30.5 Å². The van der Waals surface area contributed by atoms with Gasteiger partial charge in [-0.1, -0.05) is 20.3 Å². The summed E-state index contributed by atoms with van der Waals surface area (Å²) in [5.41, 5.74) is 0.497. The number of nitrogens with one attached hydrogen (secondary N) is 1. The number of aromatic nitrogens is 2. The number of carbonyl (C=O) groups excluding carboxylic acids is 3. The predicted octanol–water partition coefficient (Wildman–Crippen LogP) is 1.20. The van der Waals surface area contributed by atoms with Crippen molar-refractivity contribution in [2.24, 2.45) is 5.92 Å². The molecule has 0 aliphatic carbocycles. The fourth-order valence-electron chi connectivity index (χ4n) is 3.44. The molecule has 0 saturated heterocycles. The Morgan fingerprint density at radius 3 is 2.77 bits per heavy atom. The lowest BCUT2D eigenvalue weighted by Gasteiger charge is -2.21. The first kappa shape index (κ1) is 21.5. The van der Waals surface area contributed by atoms with Crippen LogP contribution < -0.4 is 10.9 Å². The van der Waals surface area contributed by atoms with Gasteiger partial charge in [-0.2, -0.15) is 0 Å². The summed E-state index contributed by atoms with van der Waals surface area (Å²) < 4.78 is 11.4. The highest BCUT2D eigenvalue weighted by atomic mass is 16.5. The van der Waals surface area contributed by atoms with Crippen LogP contribution in [0.2, 0.25) is 0 Å². The fourth-order valence-corrected chi connectivity index (χ4v) is 3.44. The second-order valence-electron chi connectivity index (χ2n) is 7.35. The van der Waals surface area contributed by atoms with Gasteiger partial charge in [0.1, 0.15) is 11.9 Å². The smallest absolute Gasteiger partial charge is 0.338 e. The van der Waals surface area contributed by atoms with E-state index >= 15 is 0 Å². The molecule has 1 amide bonds. The Hall–Kier alpha value is -3.23. The molecule has 2 heterocycles. The minimum absolute atomic E-state index is 0.120. The van der Waals surface area contributed by atoms with Crippen LogP contribution in [0.1, 0.15) is 42.9 Å². The van der Waals surface area contributed by atoms with E-state index in [4.69, 9.17) is 9.47 Å². The van der Waals surface area contributed by atoms with Crippen molar-refractivity contribution < 1.29 is 23.9 Å². The number of esters is 2. The Balaban J connectivity index is 1.68. The molecule has 2 aromatic rings. The lowest BCUT2D eigenvalue weighted by molar-refractivity contribution is -0.147. The van der Waals surface area contributed by atoms with Gasteiger partial charge in [-0.15, -0.1) is 0 Å². The maximum atomic E-state index is 12.5. The van der Waals surface area contributed by atoms with Gasteiger partial charge in [0.05, 0.1) is 23.6 Å². The zero-order valence-electron chi connectivity index (χ0n) is 17.3. The first-order chi connectivity index (χ1) is 14.3. The fraction of sp³-hybridized carbons (Fsp3) is 0.476. The number of aryl methyl sites for hydroxylation is 1. The molecule has 0 fully saturated rings. The number of fused-ring (bicyclic) bond motifs is 2. The summed E-state index contributed by atoms with van der Waals surface area (Å²) in [7, 11) is 1.25. The van der Waals surface area contributed by atoms with Crippen LogP contribution >= 0.6 is 0 Å². The van der Waals surface area contributed by atoms with Crippen molar-refractivity contribution in [3.63, 3.8) is 0 Å². The summed E-state index contributed by atoms with van der Waals surface area (Å²) in [5, 5.41) is 2.98. The Morgan fingerprint density at radius 1 is 1.30 bits per heavy atom. The van der Waals surface area contributed by atoms with Crippen molar-refractivity contribution in [3.8, 4) is 0 Å². The number of rotatable bonds is 7. The van der Waals surface area contributed by atoms with Crippen molar-refractivity contribution in [3.05, 3.63) is 39.9 Å². The first-order valence-corrected chi connectivity index (χ1v) is 9.93. The molecule has 0 spiro atoms. The van der Waals surface area contributed by atoms with Crippen LogP contribution in [0.3, 0.4) is 0 Å². The van der Waals surface area contributed by atoms with E-state index in [2.05, 4.69) is 10.3 Å². The van der Waals surface area contributed by atoms with Crippen LogP contribution in [0.15, 0.2) is 23.0 Å². The average molecular weight is 415 g/mol. The monoisotopic (exact) mass is 415 g/mol. The zero-order chi connectivity index (χ0) is 21.8. The Kier molecular flexibility index (Phi) is 6.49. The molecule has 0 unspecified atom stereocenters. The lowest BCUT2D eigenvalue weighted by Crippen LogP contribution is -2.47.